The first-order valence-corrected chi connectivity index (χ1v) is 8.41. The minimum Gasteiger partial charge on any atom is -0.383 e. The number of nitrogens with one attached hydrogen (secondary N) is 1. The zero-order valence-electron chi connectivity index (χ0n) is 14.4. The molecular weight excluding hydrogens is 304 g/mol. The first kappa shape index (κ1) is 16.7. The van der Waals surface area contributed by atoms with Crippen LogP contribution in [-0.4, -0.2) is 22.7 Å². The van der Waals surface area contributed by atoms with Crippen molar-refractivity contribution in [3.63, 3.8) is 0 Å². The van der Waals surface area contributed by atoms with E-state index in [1.54, 1.807) is 0 Å². The molecule has 0 aliphatic heterocycles. The zero-order chi connectivity index (χ0) is 17.3. The second-order valence-corrected chi connectivity index (χ2v) is 6.81. The molecule has 5 heteroatoms. The summed E-state index contributed by atoms with van der Waals surface area (Å²) >= 11 is 0. The monoisotopic (exact) mass is 328 g/mol. The number of nitrogens with zero attached hydrogens (tertiary/aromatic N) is 1. The Labute approximate surface area is 142 Å². The van der Waals surface area contributed by atoms with Gasteiger partial charge in [0.2, 0.25) is 5.91 Å². The molecule has 0 fully saturated rings. The molecule has 0 radical (unpaired) electrons. The van der Waals surface area contributed by atoms with Gasteiger partial charge in [-0.25, -0.2) is 0 Å². The highest BCUT2D eigenvalue weighted by molar-refractivity contribution is 5.77. The second kappa shape index (κ2) is 6.40. The molecule has 3 rings (SSSR count). The molecule has 0 saturated carbocycles. The Morgan fingerprint density at radius 1 is 1.42 bits per heavy atom. The molecule has 1 aliphatic carbocycles. The topological polar surface area (TPSA) is 75.4 Å². The number of amides is 1. The fourth-order valence-electron chi connectivity index (χ4n) is 3.74. The van der Waals surface area contributed by atoms with Gasteiger partial charge < -0.3 is 14.9 Å². The van der Waals surface area contributed by atoms with Gasteiger partial charge in [-0.05, 0) is 43.7 Å². The van der Waals surface area contributed by atoms with Crippen molar-refractivity contribution in [2.45, 2.75) is 51.6 Å². The molecular formula is C19H24N2O3. The highest BCUT2D eigenvalue weighted by Crippen LogP contribution is 2.36. The number of hydrogen-bond donors (Lipinski definition) is 2. The van der Waals surface area contributed by atoms with Crippen LogP contribution in [0.25, 0.3) is 0 Å². The molecule has 2 N–H and O–H groups in total. The Balaban J connectivity index is 1.60. The highest BCUT2D eigenvalue weighted by atomic mass is 16.5. The van der Waals surface area contributed by atoms with Crippen LogP contribution in [0.3, 0.4) is 0 Å². The van der Waals surface area contributed by atoms with Gasteiger partial charge in [0.1, 0.15) is 11.4 Å². The van der Waals surface area contributed by atoms with Gasteiger partial charge in [-0.3, -0.25) is 4.79 Å². The fraction of sp³-hybridized carbons (Fsp3) is 0.474. The summed E-state index contributed by atoms with van der Waals surface area (Å²) in [5, 5.41) is 17.7. The molecule has 1 aromatic carbocycles. The highest BCUT2D eigenvalue weighted by Gasteiger charge is 2.36. The predicted octanol–water partition coefficient (Wildman–Crippen LogP) is 2.74. The molecule has 24 heavy (non-hydrogen) atoms. The molecule has 2 atom stereocenters. The van der Waals surface area contributed by atoms with Crippen molar-refractivity contribution in [1.29, 1.82) is 0 Å². The molecule has 5 nitrogen and oxygen atoms in total. The van der Waals surface area contributed by atoms with E-state index in [0.717, 1.165) is 29.0 Å². The van der Waals surface area contributed by atoms with Crippen LogP contribution >= 0.6 is 0 Å². The van der Waals surface area contributed by atoms with Crippen LogP contribution < -0.4 is 5.32 Å². The SMILES string of the molecule is Cc1noc(C)c1C(C)CC(=O)NCC1(O)CCc2ccccc21. The molecule has 1 aliphatic rings. The van der Waals surface area contributed by atoms with Crippen LogP contribution in [-0.2, 0) is 16.8 Å². The largest absolute Gasteiger partial charge is 0.383 e. The second-order valence-electron chi connectivity index (χ2n) is 6.81. The van der Waals surface area contributed by atoms with E-state index in [4.69, 9.17) is 4.52 Å². The molecule has 0 saturated heterocycles. The summed E-state index contributed by atoms with van der Waals surface area (Å²) in [6.45, 7) is 5.99. The van der Waals surface area contributed by atoms with Crippen LogP contribution in [0.5, 0.6) is 0 Å². The first-order valence-electron chi connectivity index (χ1n) is 8.41. The number of rotatable bonds is 5. The van der Waals surface area contributed by atoms with Crippen LogP contribution in [0.4, 0.5) is 0 Å². The molecule has 1 aromatic heterocycles. The summed E-state index contributed by atoms with van der Waals surface area (Å²) in [6.07, 6.45) is 1.84. The smallest absolute Gasteiger partial charge is 0.220 e. The standard InChI is InChI=1S/C19H24N2O3/c1-12(18-13(2)21-24-14(18)3)10-17(22)20-11-19(23)9-8-15-6-4-5-7-16(15)19/h4-7,12,23H,8-11H2,1-3H3,(H,20,22). The summed E-state index contributed by atoms with van der Waals surface area (Å²) < 4.78 is 5.17. The molecule has 0 spiro atoms. The lowest BCUT2D eigenvalue weighted by Crippen LogP contribution is -2.39. The first-order chi connectivity index (χ1) is 11.4. The summed E-state index contributed by atoms with van der Waals surface area (Å²) in [6, 6.07) is 7.89. The third kappa shape index (κ3) is 3.08. The minimum atomic E-state index is -0.960. The Morgan fingerprint density at radius 2 is 2.17 bits per heavy atom. The fourth-order valence-corrected chi connectivity index (χ4v) is 3.74. The summed E-state index contributed by atoms with van der Waals surface area (Å²) in [5.41, 5.74) is 2.96. The molecule has 2 aromatic rings. The van der Waals surface area contributed by atoms with Crippen molar-refractivity contribution in [3.8, 4) is 0 Å². The van der Waals surface area contributed by atoms with Gasteiger partial charge in [-0.2, -0.15) is 0 Å². The molecule has 1 amide bonds. The van der Waals surface area contributed by atoms with E-state index in [2.05, 4.69) is 10.5 Å². The Kier molecular flexibility index (Phi) is 4.45. The van der Waals surface area contributed by atoms with Crippen LogP contribution in [0.1, 0.15) is 53.8 Å². The Morgan fingerprint density at radius 3 is 2.88 bits per heavy atom. The van der Waals surface area contributed by atoms with E-state index in [9.17, 15) is 9.90 Å². The van der Waals surface area contributed by atoms with E-state index in [1.165, 1.54) is 5.56 Å². The van der Waals surface area contributed by atoms with Crippen LogP contribution in [0.2, 0.25) is 0 Å². The number of carbonyl (C=O) groups excluding carboxylic acids is 1. The lowest BCUT2D eigenvalue weighted by Gasteiger charge is -2.24. The number of aliphatic hydroxyl groups is 1. The number of carbonyl (C=O) groups is 1. The average molecular weight is 328 g/mol. The zero-order valence-corrected chi connectivity index (χ0v) is 14.4. The number of hydrogen-bond acceptors (Lipinski definition) is 4. The summed E-state index contributed by atoms with van der Waals surface area (Å²) in [7, 11) is 0. The van der Waals surface area contributed by atoms with Gasteiger partial charge in [-0.15, -0.1) is 0 Å². The van der Waals surface area contributed by atoms with Gasteiger partial charge in [0.25, 0.3) is 0 Å². The lowest BCUT2D eigenvalue weighted by molar-refractivity contribution is -0.122. The molecule has 2 unspecified atom stereocenters. The van der Waals surface area contributed by atoms with Crippen molar-refractivity contribution in [2.75, 3.05) is 6.54 Å². The van der Waals surface area contributed by atoms with E-state index in [0.29, 0.717) is 12.8 Å². The van der Waals surface area contributed by atoms with E-state index >= 15 is 0 Å². The quantitative estimate of drug-likeness (QED) is 0.885. The number of aryl methyl sites for hydroxylation is 3. The van der Waals surface area contributed by atoms with Crippen molar-refractivity contribution in [2.24, 2.45) is 0 Å². The normalized spacial score (nSPS) is 20.7. The van der Waals surface area contributed by atoms with Crippen LogP contribution in [0.15, 0.2) is 28.8 Å². The summed E-state index contributed by atoms with van der Waals surface area (Å²) in [5.74, 6) is 0.721. The number of fused-ring (bicyclic) bond motifs is 1. The maximum atomic E-state index is 12.3. The summed E-state index contributed by atoms with van der Waals surface area (Å²) in [4.78, 5) is 12.3. The van der Waals surface area contributed by atoms with E-state index in [1.807, 2.05) is 45.0 Å². The van der Waals surface area contributed by atoms with E-state index in [-0.39, 0.29) is 18.4 Å². The lowest BCUT2D eigenvalue weighted by atomic mass is 9.94. The molecule has 1 heterocycles. The predicted molar refractivity (Wildman–Crippen MR) is 90.7 cm³/mol. The third-order valence-corrected chi connectivity index (χ3v) is 4.98. The maximum absolute atomic E-state index is 12.3. The molecule has 0 bridgehead atoms. The van der Waals surface area contributed by atoms with Crippen molar-refractivity contribution < 1.29 is 14.4 Å². The van der Waals surface area contributed by atoms with Crippen molar-refractivity contribution in [1.82, 2.24) is 10.5 Å². The van der Waals surface area contributed by atoms with Crippen molar-refractivity contribution >= 4 is 5.91 Å². The molecule has 128 valence electrons. The minimum absolute atomic E-state index is 0.0294. The van der Waals surface area contributed by atoms with Crippen molar-refractivity contribution in [3.05, 3.63) is 52.4 Å². The van der Waals surface area contributed by atoms with Gasteiger partial charge in [0.15, 0.2) is 0 Å². The average Bonchev–Trinajstić information content (AvgIpc) is 3.07. The van der Waals surface area contributed by atoms with Crippen LogP contribution in [0, 0.1) is 13.8 Å². The Hall–Kier alpha value is -2.14. The van der Waals surface area contributed by atoms with Gasteiger partial charge in [0, 0.05) is 12.0 Å². The third-order valence-electron chi connectivity index (χ3n) is 4.98. The van der Waals surface area contributed by atoms with E-state index < -0.39 is 5.60 Å². The number of benzene rings is 1. The maximum Gasteiger partial charge on any atom is 0.220 e. The van der Waals surface area contributed by atoms with Gasteiger partial charge >= 0.3 is 0 Å². The van der Waals surface area contributed by atoms with Gasteiger partial charge in [-0.1, -0.05) is 36.3 Å². The van der Waals surface area contributed by atoms with Gasteiger partial charge in [0.05, 0.1) is 12.2 Å². The number of aromatic nitrogens is 1. The Bertz CT molecular complexity index is 733.